The van der Waals surface area contributed by atoms with Crippen LogP contribution in [0.25, 0.3) is 11.2 Å². The van der Waals surface area contributed by atoms with Gasteiger partial charge in [-0.05, 0) is 32.8 Å². The fraction of sp³-hybridized carbons (Fsp3) is 0.625. The number of nitrogens with one attached hydrogen (secondary N) is 2. The predicted molar refractivity (Wildman–Crippen MR) is 104 cm³/mol. The Balaban J connectivity index is 1.91. The van der Waals surface area contributed by atoms with Crippen LogP contribution in [0.3, 0.4) is 0 Å². The molecule has 9 nitrogen and oxygen atoms in total. The van der Waals surface area contributed by atoms with Crippen LogP contribution in [-0.4, -0.2) is 80.4 Å². The highest BCUT2D eigenvalue weighted by atomic mass is 31.2. The summed E-state index contributed by atoms with van der Waals surface area (Å²) < 4.78 is 7.42. The van der Waals surface area contributed by atoms with Crippen LogP contribution in [-0.2, 0) is 4.74 Å². The van der Waals surface area contributed by atoms with E-state index >= 15 is 0 Å². The lowest BCUT2D eigenvalue weighted by atomic mass is 10.1. The summed E-state index contributed by atoms with van der Waals surface area (Å²) in [6, 6.07) is 0. The molecule has 0 amide bonds. The van der Waals surface area contributed by atoms with Gasteiger partial charge in [0.15, 0.2) is 17.4 Å². The second-order valence-electron chi connectivity index (χ2n) is 7.26. The molecule has 0 aromatic carbocycles. The molecule has 4 N–H and O–H groups in total. The third-order valence-corrected chi connectivity index (χ3v) is 5.88. The van der Waals surface area contributed by atoms with Gasteiger partial charge in [0.2, 0.25) is 5.95 Å². The molecule has 4 atom stereocenters. The van der Waals surface area contributed by atoms with Crippen LogP contribution in [0.5, 0.6) is 0 Å². The smallest absolute Gasteiger partial charge is 0.280 e. The summed E-state index contributed by atoms with van der Waals surface area (Å²) >= 11 is 0. The first-order valence-corrected chi connectivity index (χ1v) is 11.7. The second kappa shape index (κ2) is 7.15. The van der Waals surface area contributed by atoms with Crippen LogP contribution in [0.1, 0.15) is 19.6 Å². The molecule has 1 aliphatic heterocycles. The van der Waals surface area contributed by atoms with Gasteiger partial charge in [0.05, 0.1) is 12.4 Å². The Morgan fingerprint density at radius 3 is 2.81 bits per heavy atom. The molecular formula is C16H26N5O4P. The molecule has 144 valence electrons. The van der Waals surface area contributed by atoms with Gasteiger partial charge in [-0.1, -0.05) is 0 Å². The number of aliphatic hydroxyl groups is 2. The summed E-state index contributed by atoms with van der Waals surface area (Å²) in [6.45, 7) is 5.45. The third-order valence-electron chi connectivity index (χ3n) is 4.41. The Morgan fingerprint density at radius 2 is 2.15 bits per heavy atom. The molecule has 26 heavy (non-hydrogen) atoms. The van der Waals surface area contributed by atoms with Crippen molar-refractivity contribution in [1.29, 1.82) is 0 Å². The molecule has 3 heterocycles. The van der Waals surface area contributed by atoms with E-state index in [9.17, 15) is 15.0 Å². The van der Waals surface area contributed by atoms with E-state index in [0.717, 1.165) is 6.16 Å². The van der Waals surface area contributed by atoms with Gasteiger partial charge in [0.1, 0.15) is 12.2 Å². The average Bonchev–Trinajstić information content (AvgIpc) is 3.08. The van der Waals surface area contributed by atoms with Crippen molar-refractivity contribution in [2.24, 2.45) is 0 Å². The molecule has 2 aromatic heterocycles. The van der Waals surface area contributed by atoms with E-state index in [2.05, 4.69) is 39.9 Å². The highest BCUT2D eigenvalue weighted by molar-refractivity contribution is 7.72. The molecule has 0 bridgehead atoms. The summed E-state index contributed by atoms with van der Waals surface area (Å²) in [6.07, 6.45) is 3.54. The van der Waals surface area contributed by atoms with Gasteiger partial charge >= 0.3 is 0 Å². The van der Waals surface area contributed by atoms with E-state index in [-0.39, 0.29) is 11.1 Å². The molecule has 1 aliphatic rings. The Kier molecular flexibility index (Phi) is 5.25. The van der Waals surface area contributed by atoms with Gasteiger partial charge < -0.3 is 20.3 Å². The lowest BCUT2D eigenvalue weighted by molar-refractivity contribution is -0.0353. The molecule has 2 aromatic rings. The fourth-order valence-corrected chi connectivity index (χ4v) is 3.99. The molecule has 10 heteroatoms. The average molecular weight is 383 g/mol. The number of aromatic nitrogens is 4. The molecule has 1 saturated heterocycles. The minimum atomic E-state index is -1.26. The Morgan fingerprint density at radius 1 is 1.42 bits per heavy atom. The zero-order valence-electron chi connectivity index (χ0n) is 15.2. The molecule has 3 rings (SSSR count). The lowest BCUT2D eigenvalue weighted by Crippen LogP contribution is -2.32. The van der Waals surface area contributed by atoms with Crippen molar-refractivity contribution in [2.45, 2.75) is 37.9 Å². The number of hydrogen-bond acceptors (Lipinski definition) is 7. The summed E-state index contributed by atoms with van der Waals surface area (Å²) in [4.78, 5) is 23.2. The number of nitrogens with zero attached hydrogens (tertiary/aromatic N) is 3. The SMILES string of the molecule is C=P(C)(C)CC[C@H]1OC(n2cnc3c(=O)[nH]c(NCC)nc32)C(O)[C@@H]1O. The van der Waals surface area contributed by atoms with Crippen molar-refractivity contribution in [2.75, 3.05) is 31.4 Å². The number of ether oxygens (including phenoxy) is 1. The van der Waals surface area contributed by atoms with Crippen molar-refractivity contribution in [3.63, 3.8) is 0 Å². The minimum Gasteiger partial charge on any atom is -0.388 e. The van der Waals surface area contributed by atoms with Gasteiger partial charge in [-0.15, -0.1) is 13.2 Å². The van der Waals surface area contributed by atoms with E-state index in [0.29, 0.717) is 24.6 Å². The Labute approximate surface area is 151 Å². The summed E-state index contributed by atoms with van der Waals surface area (Å²) in [5.41, 5.74) is 0.0784. The van der Waals surface area contributed by atoms with Crippen LogP contribution in [0, 0.1) is 0 Å². The number of anilines is 1. The summed E-state index contributed by atoms with van der Waals surface area (Å²) in [5.74, 6) is 0.319. The minimum absolute atomic E-state index is 0.158. The van der Waals surface area contributed by atoms with Crippen molar-refractivity contribution >= 4 is 30.3 Å². The number of fused-ring (bicyclic) bond motifs is 1. The predicted octanol–water partition coefficient (Wildman–Crippen LogP) is 0.270. The third kappa shape index (κ3) is 3.71. The van der Waals surface area contributed by atoms with E-state index in [1.54, 1.807) is 0 Å². The van der Waals surface area contributed by atoms with Crippen molar-refractivity contribution in [3.8, 4) is 0 Å². The first-order chi connectivity index (χ1) is 12.2. The van der Waals surface area contributed by atoms with Gasteiger partial charge in [0, 0.05) is 6.54 Å². The molecule has 2 unspecified atom stereocenters. The molecule has 0 spiro atoms. The Hall–Kier alpha value is -1.67. The second-order valence-corrected chi connectivity index (χ2v) is 11.6. The van der Waals surface area contributed by atoms with Crippen molar-refractivity contribution in [3.05, 3.63) is 16.7 Å². The zero-order valence-corrected chi connectivity index (χ0v) is 16.1. The largest absolute Gasteiger partial charge is 0.388 e. The number of imidazole rings is 1. The molecule has 0 saturated carbocycles. The first-order valence-electron chi connectivity index (χ1n) is 8.61. The highest BCUT2D eigenvalue weighted by Crippen LogP contribution is 2.39. The lowest BCUT2D eigenvalue weighted by Gasteiger charge is -2.18. The van der Waals surface area contributed by atoms with E-state index < -0.39 is 31.4 Å². The number of rotatable bonds is 6. The maximum Gasteiger partial charge on any atom is 0.280 e. The van der Waals surface area contributed by atoms with Gasteiger partial charge in [-0.25, -0.2) is 4.98 Å². The first kappa shape index (κ1) is 19.1. The summed E-state index contributed by atoms with van der Waals surface area (Å²) in [5, 5.41) is 23.8. The van der Waals surface area contributed by atoms with Crippen LogP contribution < -0.4 is 10.9 Å². The molecular weight excluding hydrogens is 357 g/mol. The maximum absolute atomic E-state index is 12.2. The topological polar surface area (TPSA) is 125 Å². The normalized spacial score (nSPS) is 26.5. The van der Waals surface area contributed by atoms with Crippen LogP contribution in [0.15, 0.2) is 11.1 Å². The number of aliphatic hydroxyl groups excluding tert-OH is 2. The van der Waals surface area contributed by atoms with E-state index in [1.807, 2.05) is 6.92 Å². The van der Waals surface area contributed by atoms with Crippen LogP contribution >= 0.6 is 6.89 Å². The molecule has 1 fully saturated rings. The Bertz CT molecular complexity index is 888. The maximum atomic E-state index is 12.2. The van der Waals surface area contributed by atoms with E-state index in [4.69, 9.17) is 4.74 Å². The highest BCUT2D eigenvalue weighted by Gasteiger charge is 2.44. The van der Waals surface area contributed by atoms with Crippen molar-refractivity contribution in [1.82, 2.24) is 19.5 Å². The number of H-pyrrole nitrogens is 1. The van der Waals surface area contributed by atoms with Gasteiger partial charge in [-0.3, -0.25) is 14.3 Å². The zero-order chi connectivity index (χ0) is 19.1. The summed E-state index contributed by atoms with van der Waals surface area (Å²) in [7, 11) is 0. The fourth-order valence-electron chi connectivity index (χ4n) is 3.04. The van der Waals surface area contributed by atoms with Crippen LogP contribution in [0.4, 0.5) is 5.95 Å². The molecule has 0 aliphatic carbocycles. The standard InChI is InChI=1S/C16H26N5O4P/c1-5-17-16-19-13-10(14(24)20-16)18-8-21(13)15-12(23)11(22)9(25-15)6-7-26(2,3)4/h8-9,11-12,15,22-23H,2,5-7H2,1,3-4H3,(H2,17,19,20,24)/t9-,11-,12?,15?/m1/s1. The number of aromatic amines is 1. The van der Waals surface area contributed by atoms with Gasteiger partial charge in [0.25, 0.3) is 5.56 Å². The molecule has 0 radical (unpaired) electrons. The van der Waals surface area contributed by atoms with Gasteiger partial charge in [-0.2, -0.15) is 4.98 Å². The quantitative estimate of drug-likeness (QED) is 0.528. The number of hydrogen-bond donors (Lipinski definition) is 4. The van der Waals surface area contributed by atoms with Crippen molar-refractivity contribution < 1.29 is 14.9 Å². The van der Waals surface area contributed by atoms with Crippen LogP contribution in [0.2, 0.25) is 0 Å². The van der Waals surface area contributed by atoms with E-state index in [1.165, 1.54) is 10.9 Å². The monoisotopic (exact) mass is 383 g/mol.